The summed E-state index contributed by atoms with van der Waals surface area (Å²) >= 11 is 6.22. The van der Waals surface area contributed by atoms with Crippen LogP contribution in [-0.4, -0.2) is 54.6 Å². The van der Waals surface area contributed by atoms with Gasteiger partial charge in [0.15, 0.2) is 0 Å². The third-order valence-corrected chi connectivity index (χ3v) is 8.15. The molecule has 3 aromatic carbocycles. The first-order valence-electron chi connectivity index (χ1n) is 12.7. The van der Waals surface area contributed by atoms with Gasteiger partial charge >= 0.3 is 0 Å². The van der Waals surface area contributed by atoms with E-state index < -0.39 is 34.1 Å². The molecule has 0 heterocycles. The van der Waals surface area contributed by atoms with Crippen molar-refractivity contribution in [2.75, 3.05) is 13.6 Å². The van der Waals surface area contributed by atoms with Crippen molar-refractivity contribution in [3.05, 3.63) is 101 Å². The maximum absolute atomic E-state index is 13.9. The van der Waals surface area contributed by atoms with Gasteiger partial charge in [0, 0.05) is 30.6 Å². The fourth-order valence-corrected chi connectivity index (χ4v) is 5.43. The first-order chi connectivity index (χ1) is 18.3. The van der Waals surface area contributed by atoms with Crippen LogP contribution in [0.4, 0.5) is 0 Å². The van der Waals surface area contributed by atoms with Gasteiger partial charge in [0.1, 0.15) is 6.04 Å². The van der Waals surface area contributed by atoms with Gasteiger partial charge < -0.3 is 10.2 Å². The molecule has 0 aliphatic carbocycles. The summed E-state index contributed by atoms with van der Waals surface area (Å²) in [5.41, 5.74) is 1.98. The molecule has 3 rings (SSSR count). The van der Waals surface area contributed by atoms with Crippen LogP contribution in [0.5, 0.6) is 0 Å². The highest BCUT2D eigenvalue weighted by molar-refractivity contribution is 7.89. The van der Waals surface area contributed by atoms with Gasteiger partial charge in [0.2, 0.25) is 21.8 Å². The Bertz CT molecular complexity index is 1390. The molecular weight excluding hydrogens is 534 g/mol. The van der Waals surface area contributed by atoms with Crippen molar-refractivity contribution in [1.82, 2.24) is 14.5 Å². The van der Waals surface area contributed by atoms with E-state index in [0.29, 0.717) is 5.02 Å². The van der Waals surface area contributed by atoms with Crippen LogP contribution in [0.1, 0.15) is 37.5 Å². The number of likely N-dealkylation sites (N-methyl/N-ethyl adjacent to an activating group) is 1. The van der Waals surface area contributed by atoms with E-state index in [1.54, 1.807) is 30.3 Å². The van der Waals surface area contributed by atoms with E-state index in [1.165, 1.54) is 24.1 Å². The van der Waals surface area contributed by atoms with Gasteiger partial charge in [-0.25, -0.2) is 8.42 Å². The number of carbonyl (C=O) groups excluding carboxylic acids is 2. The standard InChI is InChI=1S/C30H36ClN3O4S/c1-22-14-16-26(17-15-22)39(37,38)33(5)21-28(35)34(20-24-12-9-13-25(31)18-24)27(29(36)32-30(2,3)4)19-23-10-7-6-8-11-23/h6-18,27H,19-21H2,1-5H3,(H,32,36)/t27-/m1/s1. The van der Waals surface area contributed by atoms with Crippen LogP contribution >= 0.6 is 11.6 Å². The summed E-state index contributed by atoms with van der Waals surface area (Å²) in [5, 5.41) is 3.49. The molecule has 1 atom stereocenters. The number of carbonyl (C=O) groups is 2. The zero-order valence-corrected chi connectivity index (χ0v) is 24.6. The fraction of sp³-hybridized carbons (Fsp3) is 0.333. The summed E-state index contributed by atoms with van der Waals surface area (Å²) in [6.45, 7) is 7.12. The van der Waals surface area contributed by atoms with E-state index in [9.17, 15) is 18.0 Å². The molecule has 0 fully saturated rings. The van der Waals surface area contributed by atoms with Crippen molar-refractivity contribution < 1.29 is 18.0 Å². The van der Waals surface area contributed by atoms with Gasteiger partial charge in [-0.05, 0) is 63.1 Å². The number of rotatable bonds is 10. The topological polar surface area (TPSA) is 86.8 Å². The molecule has 0 spiro atoms. The summed E-state index contributed by atoms with van der Waals surface area (Å²) < 4.78 is 27.5. The number of hydrogen-bond acceptors (Lipinski definition) is 4. The maximum atomic E-state index is 13.9. The van der Waals surface area contributed by atoms with E-state index in [4.69, 9.17) is 11.6 Å². The predicted octanol–water partition coefficient (Wildman–Crippen LogP) is 4.82. The van der Waals surface area contributed by atoms with Gasteiger partial charge in [-0.2, -0.15) is 4.31 Å². The summed E-state index contributed by atoms with van der Waals surface area (Å²) in [6.07, 6.45) is 0.253. The number of benzene rings is 3. The van der Waals surface area contributed by atoms with Crippen molar-refractivity contribution in [3.63, 3.8) is 0 Å². The maximum Gasteiger partial charge on any atom is 0.243 e. The number of hydrogen-bond donors (Lipinski definition) is 1. The molecule has 0 saturated carbocycles. The number of nitrogens with one attached hydrogen (secondary N) is 1. The lowest BCUT2D eigenvalue weighted by Crippen LogP contribution is -2.56. The Balaban J connectivity index is 1.99. The van der Waals surface area contributed by atoms with E-state index in [-0.39, 0.29) is 23.8 Å². The lowest BCUT2D eigenvalue weighted by molar-refractivity contribution is -0.141. The molecule has 9 heteroatoms. The molecular formula is C30H36ClN3O4S. The molecule has 0 bridgehead atoms. The van der Waals surface area contributed by atoms with Crippen LogP contribution in [0.15, 0.2) is 83.8 Å². The lowest BCUT2D eigenvalue weighted by atomic mass is 10.0. The first-order valence-corrected chi connectivity index (χ1v) is 14.5. The molecule has 208 valence electrons. The normalized spacial score (nSPS) is 12.7. The minimum absolute atomic E-state index is 0.0763. The van der Waals surface area contributed by atoms with Crippen LogP contribution in [-0.2, 0) is 32.6 Å². The summed E-state index contributed by atoms with van der Waals surface area (Å²) in [4.78, 5) is 29.1. The van der Waals surface area contributed by atoms with Crippen molar-refractivity contribution >= 4 is 33.4 Å². The molecule has 0 unspecified atom stereocenters. The lowest BCUT2D eigenvalue weighted by Gasteiger charge is -2.34. The van der Waals surface area contributed by atoms with Crippen molar-refractivity contribution in [2.24, 2.45) is 0 Å². The molecule has 1 N–H and O–H groups in total. The van der Waals surface area contributed by atoms with Gasteiger partial charge in [-0.15, -0.1) is 0 Å². The Morgan fingerprint density at radius 1 is 0.923 bits per heavy atom. The highest BCUT2D eigenvalue weighted by atomic mass is 35.5. The molecule has 7 nitrogen and oxygen atoms in total. The smallest absolute Gasteiger partial charge is 0.243 e. The molecule has 3 aromatic rings. The van der Waals surface area contributed by atoms with Crippen LogP contribution in [0, 0.1) is 6.92 Å². The third-order valence-electron chi connectivity index (χ3n) is 6.10. The van der Waals surface area contributed by atoms with Crippen LogP contribution in [0.3, 0.4) is 0 Å². The minimum Gasteiger partial charge on any atom is -0.350 e. The van der Waals surface area contributed by atoms with E-state index in [2.05, 4.69) is 5.32 Å². The predicted molar refractivity (Wildman–Crippen MR) is 155 cm³/mol. The molecule has 39 heavy (non-hydrogen) atoms. The molecule has 0 aromatic heterocycles. The second-order valence-electron chi connectivity index (χ2n) is 10.7. The van der Waals surface area contributed by atoms with Crippen LogP contribution in [0.25, 0.3) is 0 Å². The minimum atomic E-state index is -3.93. The van der Waals surface area contributed by atoms with Gasteiger partial charge in [-0.1, -0.05) is 71.8 Å². The highest BCUT2D eigenvalue weighted by Crippen LogP contribution is 2.20. The summed E-state index contributed by atoms with van der Waals surface area (Å²) in [5.74, 6) is -0.830. The Labute approximate surface area is 236 Å². The Kier molecular flexibility index (Phi) is 9.93. The molecule has 0 radical (unpaired) electrons. The van der Waals surface area contributed by atoms with Crippen LogP contribution < -0.4 is 5.32 Å². The SMILES string of the molecule is Cc1ccc(S(=O)(=O)N(C)CC(=O)N(Cc2cccc(Cl)c2)[C@H](Cc2ccccc2)C(=O)NC(C)(C)C)cc1. The monoisotopic (exact) mass is 569 g/mol. The van der Waals surface area contributed by atoms with E-state index in [1.807, 2.05) is 64.1 Å². The largest absolute Gasteiger partial charge is 0.350 e. The number of nitrogens with zero attached hydrogens (tertiary/aromatic N) is 2. The number of sulfonamides is 1. The van der Waals surface area contributed by atoms with Gasteiger partial charge in [0.25, 0.3) is 0 Å². The fourth-order valence-electron chi connectivity index (χ4n) is 4.10. The quantitative estimate of drug-likeness (QED) is 0.379. The summed E-state index contributed by atoms with van der Waals surface area (Å²) in [6, 6.07) is 22.0. The molecule has 0 aliphatic rings. The second kappa shape index (κ2) is 12.8. The average molecular weight is 570 g/mol. The Morgan fingerprint density at radius 2 is 1.54 bits per heavy atom. The zero-order chi connectivity index (χ0) is 28.8. The van der Waals surface area contributed by atoms with Crippen molar-refractivity contribution in [1.29, 1.82) is 0 Å². The molecule has 2 amide bonds. The van der Waals surface area contributed by atoms with Gasteiger partial charge in [0.05, 0.1) is 11.4 Å². The highest BCUT2D eigenvalue weighted by Gasteiger charge is 2.34. The Morgan fingerprint density at radius 3 is 2.13 bits per heavy atom. The summed E-state index contributed by atoms with van der Waals surface area (Å²) in [7, 11) is -2.57. The van der Waals surface area contributed by atoms with Gasteiger partial charge in [-0.3, -0.25) is 9.59 Å². The molecule has 0 aliphatic heterocycles. The van der Waals surface area contributed by atoms with Crippen LogP contribution in [0.2, 0.25) is 5.02 Å². The van der Waals surface area contributed by atoms with E-state index in [0.717, 1.165) is 21.0 Å². The second-order valence-corrected chi connectivity index (χ2v) is 13.2. The number of amides is 2. The number of aryl methyl sites for hydroxylation is 1. The zero-order valence-electron chi connectivity index (χ0n) is 23.0. The Hall–Kier alpha value is -3.20. The number of halogens is 1. The first kappa shape index (κ1) is 30.3. The molecule has 0 saturated heterocycles. The van der Waals surface area contributed by atoms with Crippen molar-refractivity contribution in [3.8, 4) is 0 Å². The third kappa shape index (κ3) is 8.65. The van der Waals surface area contributed by atoms with Crippen molar-refractivity contribution in [2.45, 2.75) is 57.1 Å². The average Bonchev–Trinajstić information content (AvgIpc) is 2.86. The van der Waals surface area contributed by atoms with E-state index >= 15 is 0 Å².